The third-order valence-electron chi connectivity index (χ3n) is 3.15. The molecule has 1 aliphatic rings. The fraction of sp³-hybridized carbons (Fsp3) is 0.857. The van der Waals surface area contributed by atoms with Crippen LogP contribution in [0.4, 0.5) is 0 Å². The van der Waals surface area contributed by atoms with Gasteiger partial charge in [0.15, 0.2) is 0 Å². The lowest BCUT2D eigenvalue weighted by atomic mass is 9.84. The van der Waals surface area contributed by atoms with Crippen molar-refractivity contribution in [3.8, 4) is 0 Å². The molecule has 1 saturated heterocycles. The standard InChI is InChI=1S/C14H26N2O2/c1-11(10-14(2,3)4)9-13(18)16-7-5-12(17)15-6-8-16/h11H,5-10H2,1-4H3,(H,15,17). The molecule has 104 valence electrons. The maximum absolute atomic E-state index is 12.1. The minimum atomic E-state index is 0.0491. The number of rotatable bonds is 3. The van der Waals surface area contributed by atoms with Crippen LogP contribution in [-0.2, 0) is 9.59 Å². The molecule has 1 fully saturated rings. The van der Waals surface area contributed by atoms with Crippen molar-refractivity contribution >= 4 is 11.8 Å². The first-order valence-electron chi connectivity index (χ1n) is 6.82. The van der Waals surface area contributed by atoms with Crippen molar-refractivity contribution in [3.05, 3.63) is 0 Å². The first-order valence-corrected chi connectivity index (χ1v) is 6.82. The van der Waals surface area contributed by atoms with Crippen molar-refractivity contribution in [2.75, 3.05) is 19.6 Å². The van der Waals surface area contributed by atoms with Crippen molar-refractivity contribution in [2.24, 2.45) is 11.3 Å². The van der Waals surface area contributed by atoms with Gasteiger partial charge in [0, 0.05) is 32.5 Å². The van der Waals surface area contributed by atoms with Crippen molar-refractivity contribution in [1.29, 1.82) is 0 Å². The number of hydrogen-bond acceptors (Lipinski definition) is 2. The van der Waals surface area contributed by atoms with Gasteiger partial charge in [0.25, 0.3) is 0 Å². The summed E-state index contributed by atoms with van der Waals surface area (Å²) in [6, 6.07) is 0. The van der Waals surface area contributed by atoms with Gasteiger partial charge in [0.1, 0.15) is 0 Å². The molecule has 1 atom stereocenters. The SMILES string of the molecule is CC(CC(=O)N1CCNC(=O)CC1)CC(C)(C)C. The summed E-state index contributed by atoms with van der Waals surface area (Å²) in [5, 5.41) is 2.79. The molecule has 4 heteroatoms. The highest BCUT2D eigenvalue weighted by Gasteiger charge is 2.22. The molecule has 1 aliphatic heterocycles. The fourth-order valence-electron chi connectivity index (χ4n) is 2.56. The van der Waals surface area contributed by atoms with Crippen LogP contribution in [0.5, 0.6) is 0 Å². The number of amides is 2. The van der Waals surface area contributed by atoms with Crippen molar-refractivity contribution < 1.29 is 9.59 Å². The average molecular weight is 254 g/mol. The number of carbonyl (C=O) groups is 2. The van der Waals surface area contributed by atoms with Gasteiger partial charge in [-0.1, -0.05) is 27.7 Å². The Bertz CT molecular complexity index is 307. The van der Waals surface area contributed by atoms with Gasteiger partial charge in [-0.15, -0.1) is 0 Å². The number of carbonyl (C=O) groups excluding carboxylic acids is 2. The van der Waals surface area contributed by atoms with E-state index >= 15 is 0 Å². The molecule has 1 unspecified atom stereocenters. The topological polar surface area (TPSA) is 49.4 Å². The van der Waals surface area contributed by atoms with E-state index in [0.29, 0.717) is 38.4 Å². The van der Waals surface area contributed by atoms with E-state index in [4.69, 9.17) is 0 Å². The molecule has 0 aromatic rings. The van der Waals surface area contributed by atoms with Gasteiger partial charge in [-0.05, 0) is 17.8 Å². The van der Waals surface area contributed by atoms with Gasteiger partial charge in [0.2, 0.25) is 11.8 Å². The van der Waals surface area contributed by atoms with Crippen molar-refractivity contribution in [1.82, 2.24) is 10.2 Å². The Morgan fingerprint density at radius 3 is 2.67 bits per heavy atom. The Balaban J connectivity index is 2.42. The highest BCUT2D eigenvalue weighted by molar-refractivity contribution is 5.80. The molecular formula is C14H26N2O2. The Hall–Kier alpha value is -1.06. The van der Waals surface area contributed by atoms with Crippen LogP contribution in [0.1, 0.15) is 47.0 Å². The van der Waals surface area contributed by atoms with Crippen LogP contribution < -0.4 is 5.32 Å². The van der Waals surface area contributed by atoms with Gasteiger partial charge >= 0.3 is 0 Å². The predicted molar refractivity (Wildman–Crippen MR) is 72.1 cm³/mol. The van der Waals surface area contributed by atoms with Crippen LogP contribution >= 0.6 is 0 Å². The Morgan fingerprint density at radius 2 is 2.06 bits per heavy atom. The second kappa shape index (κ2) is 6.21. The molecule has 0 aromatic carbocycles. The minimum absolute atomic E-state index is 0.0491. The number of nitrogens with one attached hydrogen (secondary N) is 1. The highest BCUT2D eigenvalue weighted by Crippen LogP contribution is 2.26. The van der Waals surface area contributed by atoms with E-state index in [2.05, 4.69) is 33.0 Å². The molecule has 0 radical (unpaired) electrons. The van der Waals surface area contributed by atoms with Crippen LogP contribution in [0.3, 0.4) is 0 Å². The normalized spacial score (nSPS) is 19.1. The molecule has 1 N–H and O–H groups in total. The lowest BCUT2D eigenvalue weighted by Crippen LogP contribution is -2.35. The van der Waals surface area contributed by atoms with E-state index in [1.165, 1.54) is 0 Å². The predicted octanol–water partition coefficient (Wildman–Crippen LogP) is 1.80. The summed E-state index contributed by atoms with van der Waals surface area (Å²) in [6.45, 7) is 10.5. The summed E-state index contributed by atoms with van der Waals surface area (Å²) in [5.41, 5.74) is 0.260. The Kier molecular flexibility index (Phi) is 5.17. The van der Waals surface area contributed by atoms with Gasteiger partial charge in [-0.2, -0.15) is 0 Å². The molecule has 18 heavy (non-hydrogen) atoms. The van der Waals surface area contributed by atoms with E-state index in [-0.39, 0.29) is 17.2 Å². The molecule has 1 rings (SSSR count). The summed E-state index contributed by atoms with van der Waals surface area (Å²) in [5.74, 6) is 0.626. The monoisotopic (exact) mass is 254 g/mol. The molecular weight excluding hydrogens is 228 g/mol. The van der Waals surface area contributed by atoms with Gasteiger partial charge in [-0.25, -0.2) is 0 Å². The summed E-state index contributed by atoms with van der Waals surface area (Å²) in [4.78, 5) is 25.2. The van der Waals surface area contributed by atoms with Crippen LogP contribution in [0.25, 0.3) is 0 Å². The van der Waals surface area contributed by atoms with E-state index in [1.54, 1.807) is 0 Å². The van der Waals surface area contributed by atoms with E-state index < -0.39 is 0 Å². The van der Waals surface area contributed by atoms with Crippen LogP contribution in [-0.4, -0.2) is 36.3 Å². The second-order valence-electron chi connectivity index (χ2n) is 6.55. The van der Waals surface area contributed by atoms with Crippen molar-refractivity contribution in [2.45, 2.75) is 47.0 Å². The molecule has 0 spiro atoms. The zero-order chi connectivity index (χ0) is 13.8. The van der Waals surface area contributed by atoms with Crippen molar-refractivity contribution in [3.63, 3.8) is 0 Å². The van der Waals surface area contributed by atoms with Crippen LogP contribution in [0, 0.1) is 11.3 Å². The zero-order valence-electron chi connectivity index (χ0n) is 12.1. The smallest absolute Gasteiger partial charge is 0.222 e. The maximum atomic E-state index is 12.1. The molecule has 0 aromatic heterocycles. The van der Waals surface area contributed by atoms with Crippen LogP contribution in [0.15, 0.2) is 0 Å². The quantitative estimate of drug-likeness (QED) is 0.835. The second-order valence-corrected chi connectivity index (χ2v) is 6.55. The number of hydrogen-bond donors (Lipinski definition) is 1. The molecule has 1 heterocycles. The first kappa shape index (κ1) is 15.0. The highest BCUT2D eigenvalue weighted by atomic mass is 16.2. The fourth-order valence-corrected chi connectivity index (χ4v) is 2.56. The maximum Gasteiger partial charge on any atom is 0.222 e. The molecule has 0 aliphatic carbocycles. The van der Waals surface area contributed by atoms with Crippen LogP contribution in [0.2, 0.25) is 0 Å². The summed E-state index contributed by atoms with van der Waals surface area (Å²) in [7, 11) is 0. The largest absolute Gasteiger partial charge is 0.354 e. The molecule has 2 amide bonds. The lowest BCUT2D eigenvalue weighted by molar-refractivity contribution is -0.132. The Morgan fingerprint density at radius 1 is 1.39 bits per heavy atom. The molecule has 4 nitrogen and oxygen atoms in total. The average Bonchev–Trinajstić information content (AvgIpc) is 2.39. The van der Waals surface area contributed by atoms with Gasteiger partial charge in [-0.3, -0.25) is 9.59 Å². The summed E-state index contributed by atoms with van der Waals surface area (Å²) < 4.78 is 0. The third-order valence-corrected chi connectivity index (χ3v) is 3.15. The third kappa shape index (κ3) is 5.52. The van der Waals surface area contributed by atoms with E-state index in [1.807, 2.05) is 4.90 Å². The first-order chi connectivity index (χ1) is 8.28. The minimum Gasteiger partial charge on any atom is -0.354 e. The van der Waals surface area contributed by atoms with Gasteiger partial charge < -0.3 is 10.2 Å². The summed E-state index contributed by atoms with van der Waals surface area (Å²) >= 11 is 0. The summed E-state index contributed by atoms with van der Waals surface area (Å²) in [6.07, 6.45) is 2.06. The van der Waals surface area contributed by atoms with E-state index in [9.17, 15) is 9.59 Å². The zero-order valence-corrected chi connectivity index (χ0v) is 12.1. The molecule has 0 saturated carbocycles. The van der Waals surface area contributed by atoms with Gasteiger partial charge in [0.05, 0.1) is 0 Å². The Labute approximate surface area is 110 Å². The molecule has 0 bridgehead atoms. The van der Waals surface area contributed by atoms with E-state index in [0.717, 1.165) is 6.42 Å². The number of nitrogens with zero attached hydrogens (tertiary/aromatic N) is 1. The lowest BCUT2D eigenvalue weighted by Gasteiger charge is -2.25.